The van der Waals surface area contributed by atoms with Crippen LogP contribution >= 0.6 is 11.3 Å². The maximum Gasteiger partial charge on any atom is 0.280 e. The number of benzene rings is 3. The number of rotatable bonds is 4. The van der Waals surface area contributed by atoms with Crippen molar-refractivity contribution < 1.29 is 9.84 Å². The predicted molar refractivity (Wildman–Crippen MR) is 136 cm³/mol. The van der Waals surface area contributed by atoms with Crippen molar-refractivity contribution in [2.24, 2.45) is 0 Å². The number of nitrogens with two attached hydrogens (primary N) is 1. The van der Waals surface area contributed by atoms with Gasteiger partial charge in [0, 0.05) is 16.8 Å². The van der Waals surface area contributed by atoms with Crippen LogP contribution in [0.25, 0.3) is 42.7 Å². The minimum Gasteiger partial charge on any atom is -0.394 e. The Morgan fingerprint density at radius 2 is 1.83 bits per heavy atom. The standard InChI is InChI=1S/C16H9NOS.C8H11N5O3/c18-13-9-15-16(11-6-2-1-5-10(11)13)17-12-7-3-4-8-14(12)19-15;9-8-11-6-5(7(15)12-8)10-3-13(6)4-16-2-1-14/h1-9H;3,14H,1-2,4H2,(H3,9,11,12,15). The molecular weight excluding hydrogens is 468 g/mol. The lowest BCUT2D eigenvalue weighted by Gasteiger charge is -2.08. The third-order valence-electron chi connectivity index (χ3n) is 5.22. The first-order valence-electron chi connectivity index (χ1n) is 10.7. The van der Waals surface area contributed by atoms with E-state index in [0.29, 0.717) is 5.65 Å². The van der Waals surface area contributed by atoms with Crippen molar-refractivity contribution in [1.82, 2.24) is 24.5 Å². The highest BCUT2D eigenvalue weighted by Crippen LogP contribution is 2.33. The molecule has 0 atom stereocenters. The molecule has 3 heterocycles. The number of ether oxygens (including phenoxy) is 1. The van der Waals surface area contributed by atoms with Gasteiger partial charge in [-0.3, -0.25) is 19.1 Å². The van der Waals surface area contributed by atoms with Gasteiger partial charge in [-0.2, -0.15) is 4.98 Å². The van der Waals surface area contributed by atoms with Crippen LogP contribution in [0.5, 0.6) is 0 Å². The Morgan fingerprint density at radius 1 is 1.06 bits per heavy atom. The third kappa shape index (κ3) is 4.47. The number of aromatic nitrogens is 5. The molecule has 0 saturated heterocycles. The van der Waals surface area contributed by atoms with Crippen LogP contribution < -0.4 is 16.7 Å². The lowest BCUT2D eigenvalue weighted by Crippen LogP contribution is -2.13. The third-order valence-corrected chi connectivity index (χ3v) is 6.32. The average molecular weight is 489 g/mol. The van der Waals surface area contributed by atoms with Gasteiger partial charge in [0.1, 0.15) is 6.73 Å². The highest BCUT2D eigenvalue weighted by Gasteiger charge is 2.13. The molecule has 176 valence electrons. The first kappa shape index (κ1) is 22.6. The monoisotopic (exact) mass is 488 g/mol. The van der Waals surface area contributed by atoms with Crippen LogP contribution in [-0.4, -0.2) is 42.8 Å². The summed E-state index contributed by atoms with van der Waals surface area (Å²) in [5, 5.41) is 10.2. The summed E-state index contributed by atoms with van der Waals surface area (Å²) in [6.45, 7) is 0.300. The van der Waals surface area contributed by atoms with Gasteiger partial charge in [0.05, 0.1) is 40.3 Å². The summed E-state index contributed by atoms with van der Waals surface area (Å²) in [6.07, 6.45) is 1.43. The molecule has 35 heavy (non-hydrogen) atoms. The molecule has 4 aromatic rings. The molecule has 0 radical (unpaired) electrons. The molecule has 0 fully saturated rings. The van der Waals surface area contributed by atoms with Crippen molar-refractivity contribution in [3.63, 3.8) is 0 Å². The summed E-state index contributed by atoms with van der Waals surface area (Å²) in [5.74, 6) is 0.0291. The van der Waals surface area contributed by atoms with Crippen molar-refractivity contribution in [2.45, 2.75) is 6.73 Å². The van der Waals surface area contributed by atoms with E-state index in [0.717, 1.165) is 31.6 Å². The maximum atomic E-state index is 12.1. The molecule has 4 N–H and O–H groups in total. The Balaban J connectivity index is 0.000000148. The van der Waals surface area contributed by atoms with Crippen LogP contribution in [-0.2, 0) is 11.5 Å². The van der Waals surface area contributed by atoms with Gasteiger partial charge >= 0.3 is 0 Å². The predicted octanol–water partition coefficient (Wildman–Crippen LogP) is 2.58. The number of nitrogens with zero attached hydrogens (tertiary/aromatic N) is 4. The summed E-state index contributed by atoms with van der Waals surface area (Å²) >= 11 is 1.62. The van der Waals surface area contributed by atoms with E-state index in [1.165, 1.54) is 10.9 Å². The number of aliphatic hydroxyl groups excluding tert-OH is 1. The van der Waals surface area contributed by atoms with Crippen LogP contribution in [0.15, 0.2) is 70.5 Å². The molecular formula is C24H20N6O4S. The Morgan fingerprint density at radius 3 is 2.66 bits per heavy atom. The number of aromatic amines is 1. The zero-order valence-corrected chi connectivity index (χ0v) is 19.2. The Bertz CT molecular complexity index is 1740. The smallest absolute Gasteiger partial charge is 0.280 e. The van der Waals surface area contributed by atoms with E-state index in [4.69, 9.17) is 20.6 Å². The fraction of sp³-hybridized carbons (Fsp3) is 0.125. The van der Waals surface area contributed by atoms with E-state index in [-0.39, 0.29) is 42.4 Å². The number of H-pyrrole nitrogens is 1. The van der Waals surface area contributed by atoms with E-state index in [1.54, 1.807) is 17.4 Å². The average Bonchev–Trinajstić information content (AvgIpc) is 3.27. The van der Waals surface area contributed by atoms with Gasteiger partial charge in [-0.15, -0.1) is 11.3 Å². The molecule has 0 spiro atoms. The van der Waals surface area contributed by atoms with Crippen LogP contribution in [0, 0.1) is 0 Å². The van der Waals surface area contributed by atoms with E-state index >= 15 is 0 Å². The number of hydrogen-bond donors (Lipinski definition) is 3. The minimum absolute atomic E-state index is 0.0291. The highest BCUT2D eigenvalue weighted by atomic mass is 32.1. The van der Waals surface area contributed by atoms with Crippen molar-refractivity contribution in [2.75, 3.05) is 18.9 Å². The van der Waals surface area contributed by atoms with Gasteiger partial charge in [-0.1, -0.05) is 36.4 Å². The molecule has 2 aliphatic rings. The largest absolute Gasteiger partial charge is 0.394 e. The summed E-state index contributed by atoms with van der Waals surface area (Å²) in [5.41, 5.74) is 7.56. The molecule has 0 bridgehead atoms. The molecule has 2 aromatic carbocycles. The summed E-state index contributed by atoms with van der Waals surface area (Å²) in [6, 6.07) is 17.4. The molecule has 1 aliphatic heterocycles. The van der Waals surface area contributed by atoms with Crippen molar-refractivity contribution >= 4 is 49.4 Å². The first-order chi connectivity index (χ1) is 17.0. The zero-order chi connectivity index (χ0) is 24.4. The number of anilines is 1. The van der Waals surface area contributed by atoms with Crippen LogP contribution in [0.4, 0.5) is 5.95 Å². The second-order valence-electron chi connectivity index (χ2n) is 7.55. The topological polar surface area (TPSA) is 149 Å². The van der Waals surface area contributed by atoms with Crippen LogP contribution in [0.1, 0.15) is 0 Å². The number of aliphatic hydroxyl groups is 1. The van der Waals surface area contributed by atoms with Gasteiger partial charge in [-0.05, 0) is 12.1 Å². The summed E-state index contributed by atoms with van der Waals surface area (Å²) in [7, 11) is 0. The number of fused-ring (bicyclic) bond motifs is 5. The Labute approximate surface area is 201 Å². The van der Waals surface area contributed by atoms with Gasteiger partial charge < -0.3 is 15.6 Å². The van der Waals surface area contributed by atoms with Crippen LogP contribution in [0.3, 0.4) is 0 Å². The minimum atomic E-state index is -0.386. The second-order valence-corrected chi connectivity index (χ2v) is 8.63. The molecule has 2 aromatic heterocycles. The number of imidazole rings is 1. The summed E-state index contributed by atoms with van der Waals surface area (Å²) < 4.78 is 7.73. The van der Waals surface area contributed by atoms with Gasteiger partial charge in [0.25, 0.3) is 5.56 Å². The molecule has 0 saturated carbocycles. The second kappa shape index (κ2) is 9.58. The van der Waals surface area contributed by atoms with E-state index < -0.39 is 0 Å². The number of hydrogen-bond acceptors (Lipinski definition) is 9. The number of nitrogen functional groups attached to an aromatic ring is 1. The number of para-hydroxylation sites is 1. The van der Waals surface area contributed by atoms with E-state index in [2.05, 4.69) is 15.0 Å². The van der Waals surface area contributed by atoms with Crippen molar-refractivity contribution in [3.05, 3.63) is 81.5 Å². The maximum absolute atomic E-state index is 12.1. The number of nitrogens with one attached hydrogen (secondary N) is 1. The molecule has 11 heteroatoms. The Kier molecular flexibility index (Phi) is 6.19. The normalized spacial score (nSPS) is 11.2. The molecule has 10 nitrogen and oxygen atoms in total. The van der Waals surface area contributed by atoms with E-state index in [1.807, 2.05) is 48.5 Å². The van der Waals surface area contributed by atoms with Crippen molar-refractivity contribution in [1.29, 1.82) is 0 Å². The first-order valence-corrected chi connectivity index (χ1v) is 11.5. The molecule has 0 amide bonds. The van der Waals surface area contributed by atoms with E-state index in [9.17, 15) is 9.59 Å². The lowest BCUT2D eigenvalue weighted by atomic mass is 10.1. The molecule has 1 aliphatic carbocycles. The lowest BCUT2D eigenvalue weighted by molar-refractivity contribution is 0.0499. The van der Waals surface area contributed by atoms with Gasteiger partial charge in [0.15, 0.2) is 16.6 Å². The zero-order valence-electron chi connectivity index (χ0n) is 18.3. The SMILES string of the molecule is Nc1nc2c(ncn2COCCO)c(=O)[nH]1.O=c1cc2sc3ccccc3nc-2c2ccccc12. The quantitative estimate of drug-likeness (QED) is 0.195. The highest BCUT2D eigenvalue weighted by molar-refractivity contribution is 7.21. The van der Waals surface area contributed by atoms with Gasteiger partial charge in [0.2, 0.25) is 5.95 Å². The van der Waals surface area contributed by atoms with Crippen LogP contribution in [0.2, 0.25) is 0 Å². The Hall–Kier alpha value is -4.19. The van der Waals surface area contributed by atoms with Crippen molar-refractivity contribution in [3.8, 4) is 10.6 Å². The fourth-order valence-electron chi connectivity index (χ4n) is 3.66. The molecule has 0 unspecified atom stereocenters. The van der Waals surface area contributed by atoms with Gasteiger partial charge in [-0.25, -0.2) is 9.97 Å². The summed E-state index contributed by atoms with van der Waals surface area (Å²) in [4.78, 5) is 39.4. The fourth-order valence-corrected chi connectivity index (χ4v) is 4.68. The molecule has 6 rings (SSSR count).